The highest BCUT2D eigenvalue weighted by Gasteiger charge is 2.31. The van der Waals surface area contributed by atoms with Gasteiger partial charge in [-0.2, -0.15) is 14.6 Å². The first-order valence-electron chi connectivity index (χ1n) is 11.1. The molecule has 0 saturated carbocycles. The molecular formula is C23H26N6O3S. The molecule has 1 amide bonds. The second-order valence-corrected chi connectivity index (χ2v) is 10.6. The second-order valence-electron chi connectivity index (χ2n) is 8.64. The second kappa shape index (κ2) is 8.58. The van der Waals surface area contributed by atoms with Crippen LogP contribution in [0, 0.1) is 0 Å². The van der Waals surface area contributed by atoms with Crippen molar-refractivity contribution in [3.8, 4) is 0 Å². The minimum absolute atomic E-state index is 0.101. The Hall–Kier alpha value is -3.27. The molecule has 4 heterocycles. The molecule has 1 atom stereocenters. The predicted octanol–water partition coefficient (Wildman–Crippen LogP) is 2.74. The molecule has 1 aromatic carbocycles. The first kappa shape index (κ1) is 21.6. The van der Waals surface area contributed by atoms with E-state index in [1.807, 2.05) is 29.3 Å². The van der Waals surface area contributed by atoms with Crippen molar-refractivity contribution in [1.82, 2.24) is 29.5 Å². The Labute approximate surface area is 191 Å². The van der Waals surface area contributed by atoms with Crippen molar-refractivity contribution in [2.45, 2.75) is 42.9 Å². The van der Waals surface area contributed by atoms with Gasteiger partial charge in [0.15, 0.2) is 9.84 Å². The number of para-hydroxylation sites is 1. The molecule has 1 aliphatic rings. The molecule has 1 N–H and O–H groups in total. The molecule has 5 rings (SSSR count). The van der Waals surface area contributed by atoms with Crippen molar-refractivity contribution in [1.29, 1.82) is 0 Å². The third-order valence-corrected chi connectivity index (χ3v) is 7.49. The fourth-order valence-electron chi connectivity index (χ4n) is 4.79. The van der Waals surface area contributed by atoms with Gasteiger partial charge in [0, 0.05) is 48.8 Å². The minimum atomic E-state index is -3.50. The molecule has 33 heavy (non-hydrogen) atoms. The first-order chi connectivity index (χ1) is 15.9. The van der Waals surface area contributed by atoms with E-state index < -0.39 is 9.84 Å². The van der Waals surface area contributed by atoms with Gasteiger partial charge in [-0.05, 0) is 37.3 Å². The molecule has 9 nitrogen and oxygen atoms in total. The molecule has 4 aromatic rings. The van der Waals surface area contributed by atoms with E-state index in [4.69, 9.17) is 0 Å². The van der Waals surface area contributed by atoms with Gasteiger partial charge in [0.05, 0.1) is 11.9 Å². The number of aryl methyl sites for hydroxylation is 1. The normalized spacial score (nSPS) is 17.1. The van der Waals surface area contributed by atoms with Crippen LogP contribution in [0.25, 0.3) is 16.7 Å². The SMILES string of the molecule is CS(=O)(=O)c1cnc2ncnn2c1C1CCCN(C(=O)CCCc2c[nH]c3ccccc23)C1. The number of fused-ring (bicyclic) bond motifs is 2. The number of nitrogens with one attached hydrogen (secondary N) is 1. The number of rotatable bonds is 6. The van der Waals surface area contributed by atoms with Gasteiger partial charge in [-0.25, -0.2) is 13.4 Å². The van der Waals surface area contributed by atoms with Crippen LogP contribution in [-0.2, 0) is 21.1 Å². The average molecular weight is 467 g/mol. The van der Waals surface area contributed by atoms with Crippen molar-refractivity contribution in [3.05, 3.63) is 54.2 Å². The van der Waals surface area contributed by atoms with Gasteiger partial charge in [-0.3, -0.25) is 4.79 Å². The molecule has 1 saturated heterocycles. The summed E-state index contributed by atoms with van der Waals surface area (Å²) in [4.78, 5) is 26.5. The number of hydrogen-bond donors (Lipinski definition) is 1. The number of piperidine rings is 1. The maximum Gasteiger partial charge on any atom is 0.252 e. The highest BCUT2D eigenvalue weighted by molar-refractivity contribution is 7.90. The van der Waals surface area contributed by atoms with Gasteiger partial charge >= 0.3 is 0 Å². The smallest absolute Gasteiger partial charge is 0.252 e. The molecule has 3 aromatic heterocycles. The Balaban J connectivity index is 1.30. The fraction of sp³-hybridized carbons (Fsp3) is 0.391. The number of likely N-dealkylation sites (tertiary alicyclic amines) is 1. The molecule has 1 fully saturated rings. The molecule has 0 radical (unpaired) electrons. The van der Waals surface area contributed by atoms with Crippen LogP contribution in [-0.4, -0.2) is 63.1 Å². The Kier molecular flexibility index (Phi) is 5.61. The summed E-state index contributed by atoms with van der Waals surface area (Å²) in [6.07, 6.45) is 9.55. The molecule has 10 heteroatoms. The number of nitrogens with zero attached hydrogens (tertiary/aromatic N) is 5. The Morgan fingerprint density at radius 1 is 1.24 bits per heavy atom. The number of benzene rings is 1. The molecular weight excluding hydrogens is 440 g/mol. The van der Waals surface area contributed by atoms with Gasteiger partial charge < -0.3 is 9.88 Å². The van der Waals surface area contributed by atoms with Crippen LogP contribution >= 0.6 is 0 Å². The summed E-state index contributed by atoms with van der Waals surface area (Å²) >= 11 is 0. The minimum Gasteiger partial charge on any atom is -0.361 e. The third-order valence-electron chi connectivity index (χ3n) is 6.38. The molecule has 1 aliphatic heterocycles. The standard InChI is InChI=1S/C23H26N6O3S/c1-33(31,32)20-13-25-23-26-15-27-29(23)22(20)17-7-5-11-28(14-17)21(30)10-4-6-16-12-24-19-9-3-2-8-18(16)19/h2-3,8-9,12-13,15,17,24H,4-7,10-11,14H2,1H3. The number of amides is 1. The highest BCUT2D eigenvalue weighted by Crippen LogP contribution is 2.31. The van der Waals surface area contributed by atoms with Crippen LogP contribution in [0.2, 0.25) is 0 Å². The first-order valence-corrected chi connectivity index (χ1v) is 13.0. The summed E-state index contributed by atoms with van der Waals surface area (Å²) in [5, 5.41) is 5.41. The number of hydrogen-bond acceptors (Lipinski definition) is 6. The van der Waals surface area contributed by atoms with Crippen LogP contribution in [0.1, 0.15) is 42.9 Å². The maximum absolute atomic E-state index is 13.0. The van der Waals surface area contributed by atoms with Crippen LogP contribution in [0.4, 0.5) is 0 Å². The Morgan fingerprint density at radius 2 is 2.09 bits per heavy atom. The Morgan fingerprint density at radius 3 is 2.94 bits per heavy atom. The zero-order valence-electron chi connectivity index (χ0n) is 18.4. The summed E-state index contributed by atoms with van der Waals surface area (Å²) < 4.78 is 26.4. The summed E-state index contributed by atoms with van der Waals surface area (Å²) in [5.41, 5.74) is 2.89. The van der Waals surface area contributed by atoms with Crippen LogP contribution in [0.3, 0.4) is 0 Å². The summed E-state index contributed by atoms with van der Waals surface area (Å²) in [5.74, 6) is 0.317. The van der Waals surface area contributed by atoms with E-state index in [0.29, 0.717) is 31.0 Å². The van der Waals surface area contributed by atoms with Crippen molar-refractivity contribution >= 4 is 32.4 Å². The van der Waals surface area contributed by atoms with E-state index in [9.17, 15) is 13.2 Å². The lowest BCUT2D eigenvalue weighted by Gasteiger charge is -2.33. The topological polar surface area (TPSA) is 113 Å². The predicted molar refractivity (Wildman–Crippen MR) is 124 cm³/mol. The van der Waals surface area contributed by atoms with Crippen molar-refractivity contribution < 1.29 is 13.2 Å². The lowest BCUT2D eigenvalue weighted by atomic mass is 9.94. The molecule has 172 valence electrons. The molecule has 0 spiro atoms. The number of sulfone groups is 1. The molecule has 0 bridgehead atoms. The van der Waals surface area contributed by atoms with Crippen molar-refractivity contribution in [2.75, 3.05) is 19.3 Å². The lowest BCUT2D eigenvalue weighted by Crippen LogP contribution is -2.40. The van der Waals surface area contributed by atoms with Crippen LogP contribution < -0.4 is 0 Å². The molecule has 0 aliphatic carbocycles. The number of carbonyl (C=O) groups is 1. The average Bonchev–Trinajstić information content (AvgIpc) is 3.45. The Bertz CT molecular complexity index is 1420. The number of aromatic amines is 1. The number of aromatic nitrogens is 5. The van der Waals surface area contributed by atoms with E-state index >= 15 is 0 Å². The molecule has 1 unspecified atom stereocenters. The fourth-order valence-corrected chi connectivity index (χ4v) is 5.67. The van der Waals surface area contributed by atoms with Crippen molar-refractivity contribution in [3.63, 3.8) is 0 Å². The van der Waals surface area contributed by atoms with E-state index in [0.717, 1.165) is 31.2 Å². The van der Waals surface area contributed by atoms with Crippen LogP contribution in [0.15, 0.2) is 47.9 Å². The zero-order valence-corrected chi connectivity index (χ0v) is 19.3. The van der Waals surface area contributed by atoms with E-state index in [-0.39, 0.29) is 16.7 Å². The van der Waals surface area contributed by atoms with Gasteiger partial charge in [0.1, 0.15) is 11.2 Å². The summed E-state index contributed by atoms with van der Waals surface area (Å²) in [6.45, 7) is 1.15. The lowest BCUT2D eigenvalue weighted by molar-refractivity contribution is -0.132. The largest absolute Gasteiger partial charge is 0.361 e. The zero-order chi connectivity index (χ0) is 23.0. The number of H-pyrrole nitrogens is 1. The van der Waals surface area contributed by atoms with Gasteiger partial charge in [0.25, 0.3) is 5.78 Å². The van der Waals surface area contributed by atoms with Crippen molar-refractivity contribution in [2.24, 2.45) is 0 Å². The van der Waals surface area contributed by atoms with E-state index in [1.54, 1.807) is 0 Å². The maximum atomic E-state index is 13.0. The monoisotopic (exact) mass is 466 g/mol. The summed E-state index contributed by atoms with van der Waals surface area (Å²) in [6, 6.07) is 8.17. The highest BCUT2D eigenvalue weighted by atomic mass is 32.2. The van der Waals surface area contributed by atoms with E-state index in [2.05, 4.69) is 26.1 Å². The quantitative estimate of drug-likeness (QED) is 0.467. The van der Waals surface area contributed by atoms with Gasteiger partial charge in [-0.15, -0.1) is 0 Å². The van der Waals surface area contributed by atoms with Crippen LogP contribution in [0.5, 0.6) is 0 Å². The third kappa shape index (κ3) is 4.22. The summed E-state index contributed by atoms with van der Waals surface area (Å²) in [7, 11) is -3.50. The van der Waals surface area contributed by atoms with Gasteiger partial charge in [0.2, 0.25) is 5.91 Å². The number of carbonyl (C=O) groups excluding carboxylic acids is 1. The van der Waals surface area contributed by atoms with Gasteiger partial charge in [-0.1, -0.05) is 18.2 Å². The van der Waals surface area contributed by atoms with E-state index in [1.165, 1.54) is 34.2 Å².